The minimum absolute atomic E-state index is 0. The number of likely N-dealkylation sites (tertiary alicyclic amines) is 1. The minimum Gasteiger partial charge on any atom is -0.450 e. The van der Waals surface area contributed by atoms with Crippen LogP contribution in [0.15, 0.2) is 4.99 Å². The Bertz CT molecular complexity index is 409. The van der Waals surface area contributed by atoms with E-state index in [0.29, 0.717) is 38.3 Å². The summed E-state index contributed by atoms with van der Waals surface area (Å²) in [6.45, 7) is 5.08. The Balaban J connectivity index is 0.00000312. The topological polar surface area (TPSA) is 89.2 Å². The molecule has 1 saturated carbocycles. The van der Waals surface area contributed by atoms with E-state index in [0.717, 1.165) is 25.9 Å². The van der Waals surface area contributed by atoms with Crippen LogP contribution in [-0.2, 0) is 9.47 Å². The predicted molar refractivity (Wildman–Crippen MR) is 109 cm³/mol. The van der Waals surface area contributed by atoms with Crippen LogP contribution in [0.25, 0.3) is 0 Å². The molecule has 2 aliphatic rings. The van der Waals surface area contributed by atoms with E-state index < -0.39 is 0 Å². The van der Waals surface area contributed by atoms with Gasteiger partial charge in [-0.25, -0.2) is 4.79 Å². The van der Waals surface area contributed by atoms with Crippen molar-refractivity contribution >= 4 is 36.0 Å². The molecule has 0 radical (unpaired) electrons. The highest BCUT2D eigenvalue weighted by atomic mass is 127. The van der Waals surface area contributed by atoms with Crippen LogP contribution in [0.2, 0.25) is 0 Å². The quantitative estimate of drug-likeness (QED) is 0.260. The third-order valence-corrected chi connectivity index (χ3v) is 4.61. The number of hydrogen-bond donors (Lipinski definition) is 2. The lowest BCUT2D eigenvalue weighted by atomic mass is 10.1. The molecule has 1 aliphatic carbocycles. The van der Waals surface area contributed by atoms with Crippen molar-refractivity contribution in [1.82, 2.24) is 10.2 Å². The second kappa shape index (κ2) is 12.6. The monoisotopic (exact) mass is 468 g/mol. The van der Waals surface area contributed by atoms with Crippen LogP contribution >= 0.6 is 24.0 Å². The van der Waals surface area contributed by atoms with Crippen LogP contribution in [0.3, 0.4) is 0 Å². The van der Waals surface area contributed by atoms with Crippen LogP contribution in [0.5, 0.6) is 0 Å². The van der Waals surface area contributed by atoms with Crippen molar-refractivity contribution in [1.29, 1.82) is 0 Å². The summed E-state index contributed by atoms with van der Waals surface area (Å²) in [4.78, 5) is 17.8. The van der Waals surface area contributed by atoms with E-state index in [-0.39, 0.29) is 36.1 Å². The molecule has 0 aromatic heterocycles. The fraction of sp³-hybridized carbons (Fsp3) is 0.882. The first-order valence-electron chi connectivity index (χ1n) is 9.28. The van der Waals surface area contributed by atoms with Crippen LogP contribution in [0.1, 0.15) is 51.9 Å². The van der Waals surface area contributed by atoms with E-state index >= 15 is 0 Å². The first kappa shape index (κ1) is 22.3. The number of rotatable bonds is 7. The molecule has 1 aliphatic heterocycles. The molecule has 2 fully saturated rings. The van der Waals surface area contributed by atoms with Crippen molar-refractivity contribution < 1.29 is 14.3 Å². The molecule has 1 amide bonds. The Morgan fingerprint density at radius 3 is 2.56 bits per heavy atom. The predicted octanol–water partition coefficient (Wildman–Crippen LogP) is 2.48. The number of amides is 1. The summed E-state index contributed by atoms with van der Waals surface area (Å²) in [5.74, 6) is 0.491. The molecule has 3 N–H and O–H groups in total. The van der Waals surface area contributed by atoms with E-state index in [2.05, 4.69) is 10.3 Å². The number of carbonyl (C=O) groups excluding carboxylic acids is 1. The Labute approximate surface area is 168 Å². The maximum atomic E-state index is 11.6. The lowest BCUT2D eigenvalue weighted by molar-refractivity contribution is 0.0579. The molecule has 8 heteroatoms. The number of piperidine rings is 1. The summed E-state index contributed by atoms with van der Waals surface area (Å²) in [7, 11) is 0. The van der Waals surface area contributed by atoms with Gasteiger partial charge in [0.05, 0.1) is 12.7 Å². The van der Waals surface area contributed by atoms with Crippen LogP contribution < -0.4 is 11.1 Å². The molecule has 0 spiro atoms. The lowest BCUT2D eigenvalue weighted by Crippen LogP contribution is -2.48. The zero-order valence-corrected chi connectivity index (χ0v) is 17.6. The van der Waals surface area contributed by atoms with Gasteiger partial charge in [-0.05, 0) is 39.0 Å². The summed E-state index contributed by atoms with van der Waals surface area (Å²) in [6.07, 6.45) is 7.88. The summed E-state index contributed by atoms with van der Waals surface area (Å²) >= 11 is 0. The lowest BCUT2D eigenvalue weighted by Gasteiger charge is -2.31. The van der Waals surface area contributed by atoms with Gasteiger partial charge >= 0.3 is 6.09 Å². The van der Waals surface area contributed by atoms with E-state index in [1.54, 1.807) is 4.90 Å². The van der Waals surface area contributed by atoms with Gasteiger partial charge in [-0.3, -0.25) is 4.99 Å². The molecule has 0 atom stereocenters. The minimum atomic E-state index is -0.222. The SMILES string of the molecule is CCOC(=O)N1CCC(NC(N)=NCCCOC2CCCC2)CC1.I. The van der Waals surface area contributed by atoms with Gasteiger partial charge in [-0.15, -0.1) is 24.0 Å². The number of ether oxygens (including phenoxy) is 2. The van der Waals surface area contributed by atoms with E-state index in [1.165, 1.54) is 25.7 Å². The van der Waals surface area contributed by atoms with Crippen molar-refractivity contribution in [3.63, 3.8) is 0 Å². The number of guanidine groups is 1. The van der Waals surface area contributed by atoms with Gasteiger partial charge in [-0.2, -0.15) is 0 Å². The largest absolute Gasteiger partial charge is 0.450 e. The Morgan fingerprint density at radius 2 is 1.92 bits per heavy atom. The second-order valence-electron chi connectivity index (χ2n) is 6.50. The molecular formula is C17H33IN4O3. The average Bonchev–Trinajstić information content (AvgIpc) is 3.09. The Hall–Kier alpha value is -0.770. The summed E-state index contributed by atoms with van der Waals surface area (Å²) in [6, 6.07) is 0.272. The number of nitrogens with zero attached hydrogens (tertiary/aromatic N) is 2. The molecule has 0 unspecified atom stereocenters. The number of aliphatic imine (C=N–C) groups is 1. The first-order chi connectivity index (χ1) is 11.7. The van der Waals surface area contributed by atoms with Gasteiger partial charge in [0.15, 0.2) is 5.96 Å². The Morgan fingerprint density at radius 1 is 1.24 bits per heavy atom. The van der Waals surface area contributed by atoms with Gasteiger partial charge in [0.2, 0.25) is 0 Å². The van der Waals surface area contributed by atoms with Crippen molar-refractivity contribution in [2.75, 3.05) is 32.8 Å². The molecule has 25 heavy (non-hydrogen) atoms. The third-order valence-electron chi connectivity index (χ3n) is 4.61. The molecule has 0 aromatic rings. The van der Waals surface area contributed by atoms with Crippen molar-refractivity contribution in [3.05, 3.63) is 0 Å². The maximum Gasteiger partial charge on any atom is 0.409 e. The smallest absolute Gasteiger partial charge is 0.409 e. The number of halogens is 1. The molecule has 2 rings (SSSR count). The molecule has 0 bridgehead atoms. The molecule has 0 aromatic carbocycles. The molecule has 146 valence electrons. The summed E-state index contributed by atoms with van der Waals surface area (Å²) < 4.78 is 10.8. The Kier molecular flexibility index (Phi) is 11.2. The highest BCUT2D eigenvalue weighted by Gasteiger charge is 2.23. The van der Waals surface area contributed by atoms with Crippen LogP contribution in [-0.4, -0.2) is 61.9 Å². The van der Waals surface area contributed by atoms with E-state index in [4.69, 9.17) is 15.2 Å². The first-order valence-corrected chi connectivity index (χ1v) is 9.28. The zero-order valence-electron chi connectivity index (χ0n) is 15.2. The van der Waals surface area contributed by atoms with Gasteiger partial charge in [0.25, 0.3) is 0 Å². The average molecular weight is 468 g/mol. The number of carbonyl (C=O) groups is 1. The van der Waals surface area contributed by atoms with Crippen molar-refractivity contribution in [3.8, 4) is 0 Å². The molecule has 7 nitrogen and oxygen atoms in total. The highest BCUT2D eigenvalue weighted by molar-refractivity contribution is 14.0. The number of nitrogens with one attached hydrogen (secondary N) is 1. The molecule has 1 saturated heterocycles. The number of hydrogen-bond acceptors (Lipinski definition) is 4. The van der Waals surface area contributed by atoms with Gasteiger partial charge in [-0.1, -0.05) is 12.8 Å². The van der Waals surface area contributed by atoms with Crippen LogP contribution in [0, 0.1) is 0 Å². The van der Waals surface area contributed by atoms with E-state index in [1.807, 2.05) is 6.92 Å². The molecule has 1 heterocycles. The normalized spacial score (nSPS) is 19.6. The fourth-order valence-electron chi connectivity index (χ4n) is 3.25. The van der Waals surface area contributed by atoms with Gasteiger partial charge < -0.3 is 25.4 Å². The summed E-state index contributed by atoms with van der Waals surface area (Å²) in [5, 5.41) is 3.25. The van der Waals surface area contributed by atoms with Crippen molar-refractivity contribution in [2.24, 2.45) is 10.7 Å². The molecular weight excluding hydrogens is 435 g/mol. The van der Waals surface area contributed by atoms with Crippen LogP contribution in [0.4, 0.5) is 4.79 Å². The maximum absolute atomic E-state index is 11.6. The number of nitrogens with two attached hydrogens (primary N) is 1. The standard InChI is InChI=1S/C17H32N4O3.HI/c1-2-23-17(22)21-11-8-14(9-12-21)20-16(18)19-10-5-13-24-15-6-3-4-7-15;/h14-15H,2-13H2,1H3,(H3,18,19,20);1H. The van der Waals surface area contributed by atoms with E-state index in [9.17, 15) is 4.79 Å². The van der Waals surface area contributed by atoms with Gasteiger partial charge in [0, 0.05) is 32.3 Å². The van der Waals surface area contributed by atoms with Gasteiger partial charge in [0.1, 0.15) is 0 Å². The second-order valence-corrected chi connectivity index (χ2v) is 6.50. The zero-order chi connectivity index (χ0) is 17.2. The highest BCUT2D eigenvalue weighted by Crippen LogP contribution is 2.20. The fourth-order valence-corrected chi connectivity index (χ4v) is 3.25. The summed E-state index contributed by atoms with van der Waals surface area (Å²) in [5.41, 5.74) is 5.94. The third kappa shape index (κ3) is 8.44. The van der Waals surface area contributed by atoms with Crippen molar-refractivity contribution in [2.45, 2.75) is 64.0 Å².